The second-order valence-corrected chi connectivity index (χ2v) is 8.56. The van der Waals surface area contributed by atoms with Crippen LogP contribution in [0.1, 0.15) is 30.9 Å². The molecule has 0 aromatic heterocycles. The van der Waals surface area contributed by atoms with Crippen molar-refractivity contribution in [2.45, 2.75) is 31.3 Å². The van der Waals surface area contributed by atoms with Gasteiger partial charge in [-0.25, -0.2) is 4.39 Å². The minimum atomic E-state index is -0.265. The molecule has 1 amide bonds. The summed E-state index contributed by atoms with van der Waals surface area (Å²) < 4.78 is 19.2. The van der Waals surface area contributed by atoms with Gasteiger partial charge in [-0.3, -0.25) is 4.79 Å². The molecule has 30 heavy (non-hydrogen) atoms. The average Bonchev–Trinajstić information content (AvgIpc) is 3.24. The van der Waals surface area contributed by atoms with Crippen LogP contribution in [0.2, 0.25) is 0 Å². The quantitative estimate of drug-likeness (QED) is 0.812. The van der Waals surface area contributed by atoms with Crippen molar-refractivity contribution in [1.29, 1.82) is 0 Å². The van der Waals surface area contributed by atoms with Crippen molar-refractivity contribution in [2.24, 2.45) is 11.8 Å². The first kappa shape index (κ1) is 19.5. The standard InChI is InChI=1S/C24H27FN2O3/c25-18-3-1-2-16(12-18)17-4-5-21-20(13-17)23-19(22(14-28)26-21)6-9-27(23)24(29)15-7-10-30-11-8-15/h1-5,12-13,15,19,22-23,26,28H,6-11,14H2/t19-,22+,23+/m1/s1. The van der Waals surface area contributed by atoms with Crippen molar-refractivity contribution in [3.05, 3.63) is 53.8 Å². The van der Waals surface area contributed by atoms with E-state index in [0.717, 1.165) is 41.6 Å². The number of anilines is 1. The Labute approximate surface area is 175 Å². The molecule has 5 nitrogen and oxygen atoms in total. The van der Waals surface area contributed by atoms with E-state index in [2.05, 4.69) is 11.4 Å². The van der Waals surface area contributed by atoms with Crippen LogP contribution >= 0.6 is 0 Å². The molecule has 2 saturated heterocycles. The van der Waals surface area contributed by atoms with Crippen molar-refractivity contribution in [3.63, 3.8) is 0 Å². The van der Waals surface area contributed by atoms with Gasteiger partial charge in [0.2, 0.25) is 5.91 Å². The van der Waals surface area contributed by atoms with Crippen molar-refractivity contribution in [3.8, 4) is 11.1 Å². The minimum absolute atomic E-state index is 0.00909. The molecule has 6 heteroatoms. The van der Waals surface area contributed by atoms with E-state index in [0.29, 0.717) is 19.8 Å². The molecule has 0 bridgehead atoms. The number of nitrogens with one attached hydrogen (secondary N) is 1. The third kappa shape index (κ3) is 3.38. The number of rotatable bonds is 3. The molecule has 5 rings (SSSR count). The SMILES string of the molecule is O=C(C1CCOCC1)N1CC[C@@H]2[C@H](CO)Nc3ccc(-c4cccc(F)c4)cc3[C@H]21. The van der Waals surface area contributed by atoms with Gasteiger partial charge in [0.1, 0.15) is 5.82 Å². The number of hydrogen-bond donors (Lipinski definition) is 2. The number of benzene rings is 2. The summed E-state index contributed by atoms with van der Waals surface area (Å²) in [7, 11) is 0. The lowest BCUT2D eigenvalue weighted by molar-refractivity contribution is -0.140. The number of amides is 1. The van der Waals surface area contributed by atoms with E-state index < -0.39 is 0 Å². The molecule has 3 aliphatic rings. The molecule has 2 fully saturated rings. The van der Waals surface area contributed by atoms with E-state index in [1.54, 1.807) is 6.07 Å². The molecule has 0 spiro atoms. The Morgan fingerprint density at radius 1 is 1.13 bits per heavy atom. The highest BCUT2D eigenvalue weighted by Crippen LogP contribution is 2.48. The Hall–Kier alpha value is -2.44. The van der Waals surface area contributed by atoms with E-state index in [-0.39, 0.29) is 42.3 Å². The number of halogens is 1. The number of carbonyl (C=O) groups is 1. The van der Waals surface area contributed by atoms with Gasteiger partial charge in [0.25, 0.3) is 0 Å². The first-order chi connectivity index (χ1) is 14.7. The summed E-state index contributed by atoms with van der Waals surface area (Å²) >= 11 is 0. The summed E-state index contributed by atoms with van der Waals surface area (Å²) in [6.07, 6.45) is 2.40. The normalized spacial score (nSPS) is 26.1. The van der Waals surface area contributed by atoms with Crippen LogP contribution in [0.15, 0.2) is 42.5 Å². The molecule has 0 radical (unpaired) electrons. The maximum Gasteiger partial charge on any atom is 0.226 e. The molecule has 158 valence electrons. The van der Waals surface area contributed by atoms with Gasteiger partial charge in [-0.2, -0.15) is 0 Å². The van der Waals surface area contributed by atoms with E-state index in [9.17, 15) is 14.3 Å². The van der Waals surface area contributed by atoms with Crippen LogP contribution in [0.3, 0.4) is 0 Å². The molecule has 3 aliphatic heterocycles. The fourth-order valence-corrected chi connectivity index (χ4v) is 5.34. The number of carbonyl (C=O) groups excluding carboxylic acids is 1. The number of aliphatic hydroxyl groups is 1. The van der Waals surface area contributed by atoms with Gasteiger partial charge < -0.3 is 20.1 Å². The fourth-order valence-electron chi connectivity index (χ4n) is 5.34. The van der Waals surface area contributed by atoms with Crippen LogP contribution in [-0.2, 0) is 9.53 Å². The lowest BCUT2D eigenvalue weighted by Crippen LogP contribution is -2.44. The predicted molar refractivity (Wildman–Crippen MR) is 112 cm³/mol. The highest BCUT2D eigenvalue weighted by Gasteiger charge is 2.46. The van der Waals surface area contributed by atoms with Gasteiger partial charge in [-0.05, 0) is 60.2 Å². The van der Waals surface area contributed by atoms with Crippen LogP contribution in [0.25, 0.3) is 11.1 Å². The topological polar surface area (TPSA) is 61.8 Å². The number of nitrogens with zero attached hydrogens (tertiary/aromatic N) is 1. The van der Waals surface area contributed by atoms with Gasteiger partial charge in [-0.15, -0.1) is 0 Å². The zero-order chi connectivity index (χ0) is 20.7. The number of hydrogen-bond acceptors (Lipinski definition) is 4. The van der Waals surface area contributed by atoms with Crippen molar-refractivity contribution < 1.29 is 19.0 Å². The van der Waals surface area contributed by atoms with E-state index in [4.69, 9.17) is 4.74 Å². The van der Waals surface area contributed by atoms with E-state index >= 15 is 0 Å². The number of fused-ring (bicyclic) bond motifs is 3. The molecule has 2 N–H and O–H groups in total. The number of likely N-dealkylation sites (tertiary alicyclic amines) is 1. The summed E-state index contributed by atoms with van der Waals surface area (Å²) in [6.45, 7) is 2.01. The second kappa shape index (κ2) is 8.00. The van der Waals surface area contributed by atoms with Crippen molar-refractivity contribution in [2.75, 3.05) is 31.7 Å². The molecular formula is C24H27FN2O3. The molecule has 2 aromatic rings. The molecule has 3 atom stereocenters. The highest BCUT2D eigenvalue weighted by molar-refractivity contribution is 5.81. The third-order valence-corrected chi connectivity index (χ3v) is 6.88. The molecular weight excluding hydrogens is 383 g/mol. The first-order valence-electron chi connectivity index (χ1n) is 10.8. The van der Waals surface area contributed by atoms with E-state index in [1.165, 1.54) is 12.1 Å². The van der Waals surface area contributed by atoms with E-state index in [1.807, 2.05) is 23.1 Å². The summed E-state index contributed by atoms with van der Waals surface area (Å²) in [5, 5.41) is 13.4. The number of ether oxygens (including phenoxy) is 1. The lowest BCUT2D eigenvalue weighted by atomic mass is 9.82. The van der Waals surface area contributed by atoms with Gasteiger partial charge in [0.05, 0.1) is 18.7 Å². The number of aliphatic hydroxyl groups excluding tert-OH is 1. The molecule has 2 aromatic carbocycles. The van der Waals surface area contributed by atoms with Crippen molar-refractivity contribution >= 4 is 11.6 Å². The summed E-state index contributed by atoms with van der Waals surface area (Å²) in [4.78, 5) is 15.4. The first-order valence-corrected chi connectivity index (χ1v) is 10.8. The summed E-state index contributed by atoms with van der Waals surface area (Å²) in [5.41, 5.74) is 3.76. The fraction of sp³-hybridized carbons (Fsp3) is 0.458. The maximum absolute atomic E-state index is 13.8. The Morgan fingerprint density at radius 2 is 1.93 bits per heavy atom. The average molecular weight is 410 g/mol. The Balaban J connectivity index is 1.53. The minimum Gasteiger partial charge on any atom is -0.394 e. The Kier molecular flexibility index (Phi) is 5.21. The maximum atomic E-state index is 13.8. The Bertz CT molecular complexity index is 944. The van der Waals surface area contributed by atoms with Gasteiger partial charge in [-0.1, -0.05) is 18.2 Å². The van der Waals surface area contributed by atoms with Crippen LogP contribution < -0.4 is 5.32 Å². The van der Waals surface area contributed by atoms with Crippen LogP contribution in [0, 0.1) is 17.7 Å². The Morgan fingerprint density at radius 3 is 2.70 bits per heavy atom. The molecule has 0 unspecified atom stereocenters. The summed E-state index contributed by atoms with van der Waals surface area (Å²) in [6, 6.07) is 12.5. The molecule has 3 heterocycles. The molecule has 0 saturated carbocycles. The third-order valence-electron chi connectivity index (χ3n) is 6.88. The highest BCUT2D eigenvalue weighted by atomic mass is 19.1. The smallest absolute Gasteiger partial charge is 0.226 e. The molecule has 0 aliphatic carbocycles. The predicted octanol–water partition coefficient (Wildman–Crippen LogP) is 3.60. The lowest BCUT2D eigenvalue weighted by Gasteiger charge is -2.40. The van der Waals surface area contributed by atoms with Gasteiger partial charge >= 0.3 is 0 Å². The zero-order valence-corrected chi connectivity index (χ0v) is 16.9. The second-order valence-electron chi connectivity index (χ2n) is 8.56. The zero-order valence-electron chi connectivity index (χ0n) is 16.9. The van der Waals surface area contributed by atoms with Gasteiger partial charge in [0.15, 0.2) is 0 Å². The van der Waals surface area contributed by atoms with Gasteiger partial charge in [0, 0.05) is 37.3 Å². The van der Waals surface area contributed by atoms with Crippen molar-refractivity contribution in [1.82, 2.24) is 4.90 Å². The van der Waals surface area contributed by atoms with Crippen LogP contribution in [0.4, 0.5) is 10.1 Å². The van der Waals surface area contributed by atoms with Crippen LogP contribution in [0.5, 0.6) is 0 Å². The summed E-state index contributed by atoms with van der Waals surface area (Å²) in [5.74, 6) is 0.106. The largest absolute Gasteiger partial charge is 0.394 e. The monoisotopic (exact) mass is 410 g/mol. The van der Waals surface area contributed by atoms with Crippen LogP contribution in [-0.4, -0.2) is 48.3 Å².